The summed E-state index contributed by atoms with van der Waals surface area (Å²) in [7, 11) is 1.87. The van der Waals surface area contributed by atoms with Crippen LogP contribution in [0.4, 0.5) is 0 Å². The largest absolute Gasteiger partial charge is 0.439 e. The summed E-state index contributed by atoms with van der Waals surface area (Å²) in [6.45, 7) is 3.35. The highest BCUT2D eigenvalue weighted by Crippen LogP contribution is 2.34. The van der Waals surface area contributed by atoms with Gasteiger partial charge in [0.1, 0.15) is 11.4 Å². The molecule has 1 atom stereocenters. The third-order valence-electron chi connectivity index (χ3n) is 5.34. The molecule has 156 valence electrons. The third kappa shape index (κ3) is 4.54. The molecule has 1 amide bonds. The van der Waals surface area contributed by atoms with E-state index in [0.29, 0.717) is 19.0 Å². The van der Waals surface area contributed by atoms with Crippen molar-refractivity contribution in [1.82, 2.24) is 14.7 Å². The molecule has 6 heteroatoms. The number of nitrogens with zero attached hydrogens (tertiary/aromatic N) is 3. The lowest BCUT2D eigenvalue weighted by Gasteiger charge is -2.24. The Hall–Kier alpha value is -3.12. The number of aromatic nitrogens is 2. The van der Waals surface area contributed by atoms with Crippen molar-refractivity contribution < 1.29 is 14.3 Å². The molecule has 0 radical (unpaired) electrons. The Kier molecular flexibility index (Phi) is 6.14. The second-order valence-electron chi connectivity index (χ2n) is 7.57. The first-order valence-electron chi connectivity index (χ1n) is 10.3. The molecule has 2 aromatic carbocycles. The van der Waals surface area contributed by atoms with Crippen LogP contribution in [0, 0.1) is 0 Å². The van der Waals surface area contributed by atoms with Gasteiger partial charge in [-0.05, 0) is 25.0 Å². The summed E-state index contributed by atoms with van der Waals surface area (Å²) < 4.78 is 13.7. The second-order valence-corrected chi connectivity index (χ2v) is 7.57. The number of ether oxygens (including phenoxy) is 2. The molecule has 30 heavy (non-hydrogen) atoms. The summed E-state index contributed by atoms with van der Waals surface area (Å²) in [6, 6.07) is 19.6. The zero-order valence-corrected chi connectivity index (χ0v) is 17.5. The van der Waals surface area contributed by atoms with Gasteiger partial charge in [0, 0.05) is 32.7 Å². The van der Waals surface area contributed by atoms with Crippen LogP contribution in [0.25, 0.3) is 11.3 Å². The number of carbonyl (C=O) groups excluding carboxylic acids is 1. The zero-order valence-electron chi connectivity index (χ0n) is 17.5. The van der Waals surface area contributed by atoms with Crippen molar-refractivity contribution in [3.8, 4) is 22.9 Å². The van der Waals surface area contributed by atoms with E-state index in [9.17, 15) is 4.79 Å². The van der Waals surface area contributed by atoms with Crippen LogP contribution in [-0.2, 0) is 23.1 Å². The van der Waals surface area contributed by atoms with Crippen LogP contribution in [0.1, 0.15) is 25.3 Å². The van der Waals surface area contributed by atoms with Gasteiger partial charge < -0.3 is 14.4 Å². The van der Waals surface area contributed by atoms with Crippen molar-refractivity contribution in [2.45, 2.75) is 32.4 Å². The minimum absolute atomic E-state index is 0.0130. The van der Waals surface area contributed by atoms with Gasteiger partial charge in [0.25, 0.3) is 0 Å². The minimum atomic E-state index is 0.0130. The normalized spacial score (nSPS) is 15.9. The molecule has 1 saturated heterocycles. The molecule has 4 rings (SSSR count). The molecule has 0 bridgehead atoms. The first-order chi connectivity index (χ1) is 14.6. The maximum Gasteiger partial charge on any atom is 0.223 e. The third-order valence-corrected chi connectivity index (χ3v) is 5.34. The van der Waals surface area contributed by atoms with Gasteiger partial charge in [0.2, 0.25) is 11.8 Å². The Morgan fingerprint density at radius 2 is 1.87 bits per heavy atom. The van der Waals surface area contributed by atoms with E-state index >= 15 is 0 Å². The van der Waals surface area contributed by atoms with E-state index in [1.807, 2.05) is 72.6 Å². The standard InChI is InChI=1S/C24H27N3O3/c1-18(28)27(16-21-14-9-15-29-21)17-22-23(19-10-5-3-6-11-19)25-26(2)24(22)30-20-12-7-4-8-13-20/h3-8,10-13,21H,9,14-17H2,1-2H3/t21-/m0/s1. The van der Waals surface area contributed by atoms with E-state index in [1.54, 1.807) is 11.6 Å². The van der Waals surface area contributed by atoms with Crippen LogP contribution in [0.3, 0.4) is 0 Å². The Morgan fingerprint density at radius 3 is 2.50 bits per heavy atom. The number of para-hydroxylation sites is 1. The SMILES string of the molecule is CC(=O)N(Cc1c(-c2ccccc2)nn(C)c1Oc1ccccc1)C[C@@H]1CCCO1. The molecular weight excluding hydrogens is 378 g/mol. The van der Waals surface area contributed by atoms with Crippen molar-refractivity contribution in [1.29, 1.82) is 0 Å². The first kappa shape index (κ1) is 20.2. The van der Waals surface area contributed by atoms with Crippen LogP contribution in [0.15, 0.2) is 60.7 Å². The maximum absolute atomic E-state index is 12.5. The summed E-state index contributed by atoms with van der Waals surface area (Å²) in [6.07, 6.45) is 2.11. The van der Waals surface area contributed by atoms with Gasteiger partial charge in [-0.2, -0.15) is 5.10 Å². The van der Waals surface area contributed by atoms with Gasteiger partial charge >= 0.3 is 0 Å². The summed E-state index contributed by atoms with van der Waals surface area (Å²) in [5.74, 6) is 1.38. The number of aryl methyl sites for hydroxylation is 1. The minimum Gasteiger partial charge on any atom is -0.439 e. The molecule has 1 aromatic heterocycles. The van der Waals surface area contributed by atoms with Crippen molar-refractivity contribution >= 4 is 5.91 Å². The van der Waals surface area contributed by atoms with Crippen LogP contribution >= 0.6 is 0 Å². The van der Waals surface area contributed by atoms with Gasteiger partial charge in [0.05, 0.1) is 18.2 Å². The summed E-state index contributed by atoms with van der Waals surface area (Å²) in [5.41, 5.74) is 2.70. The lowest BCUT2D eigenvalue weighted by molar-refractivity contribution is -0.131. The highest BCUT2D eigenvalue weighted by Gasteiger charge is 2.26. The number of rotatable bonds is 7. The molecule has 1 aliphatic heterocycles. The zero-order chi connectivity index (χ0) is 20.9. The molecule has 1 aliphatic rings. The van der Waals surface area contributed by atoms with Crippen molar-refractivity contribution in [2.75, 3.05) is 13.2 Å². The molecular formula is C24H27N3O3. The van der Waals surface area contributed by atoms with E-state index in [1.165, 1.54) is 0 Å². The Labute approximate surface area is 177 Å². The summed E-state index contributed by atoms with van der Waals surface area (Å²) in [5, 5.41) is 4.74. The monoisotopic (exact) mass is 405 g/mol. The number of carbonyl (C=O) groups is 1. The van der Waals surface area contributed by atoms with Gasteiger partial charge in [0.15, 0.2) is 0 Å². The van der Waals surface area contributed by atoms with E-state index in [-0.39, 0.29) is 12.0 Å². The second kappa shape index (κ2) is 9.13. The van der Waals surface area contributed by atoms with Crippen LogP contribution in [-0.4, -0.2) is 39.8 Å². The lowest BCUT2D eigenvalue weighted by atomic mass is 10.1. The number of benzene rings is 2. The number of hydrogen-bond acceptors (Lipinski definition) is 4. The Morgan fingerprint density at radius 1 is 1.17 bits per heavy atom. The smallest absolute Gasteiger partial charge is 0.223 e. The average Bonchev–Trinajstić information content (AvgIpc) is 3.38. The molecule has 0 unspecified atom stereocenters. The van der Waals surface area contributed by atoms with E-state index in [2.05, 4.69) is 0 Å². The summed E-state index contributed by atoms with van der Waals surface area (Å²) in [4.78, 5) is 14.3. The first-order valence-corrected chi connectivity index (χ1v) is 10.3. The highest BCUT2D eigenvalue weighted by molar-refractivity contribution is 5.74. The van der Waals surface area contributed by atoms with E-state index < -0.39 is 0 Å². The van der Waals surface area contributed by atoms with Gasteiger partial charge in [-0.15, -0.1) is 0 Å². The quantitative estimate of drug-likeness (QED) is 0.584. The predicted octanol–water partition coefficient (Wildman–Crippen LogP) is 4.41. The predicted molar refractivity (Wildman–Crippen MR) is 115 cm³/mol. The molecule has 3 aromatic rings. The molecule has 1 fully saturated rings. The van der Waals surface area contributed by atoms with Crippen molar-refractivity contribution in [3.05, 3.63) is 66.2 Å². The topological polar surface area (TPSA) is 56.6 Å². The molecule has 0 spiro atoms. The molecule has 0 saturated carbocycles. The fourth-order valence-electron chi connectivity index (χ4n) is 3.78. The molecule has 6 nitrogen and oxygen atoms in total. The lowest BCUT2D eigenvalue weighted by Crippen LogP contribution is -2.35. The van der Waals surface area contributed by atoms with Crippen LogP contribution in [0.5, 0.6) is 11.6 Å². The van der Waals surface area contributed by atoms with Gasteiger partial charge in [-0.1, -0.05) is 48.5 Å². The van der Waals surface area contributed by atoms with Crippen LogP contribution < -0.4 is 4.74 Å². The fraction of sp³-hybridized carbons (Fsp3) is 0.333. The summed E-state index contributed by atoms with van der Waals surface area (Å²) >= 11 is 0. The van der Waals surface area contributed by atoms with Gasteiger partial charge in [-0.25, -0.2) is 4.68 Å². The number of amides is 1. The molecule has 2 heterocycles. The molecule has 0 aliphatic carbocycles. The highest BCUT2D eigenvalue weighted by atomic mass is 16.5. The van der Waals surface area contributed by atoms with Gasteiger partial charge in [-0.3, -0.25) is 4.79 Å². The number of hydrogen-bond donors (Lipinski definition) is 0. The van der Waals surface area contributed by atoms with Crippen molar-refractivity contribution in [2.24, 2.45) is 7.05 Å². The van der Waals surface area contributed by atoms with Crippen molar-refractivity contribution in [3.63, 3.8) is 0 Å². The van der Waals surface area contributed by atoms with E-state index in [4.69, 9.17) is 14.6 Å². The fourth-order valence-corrected chi connectivity index (χ4v) is 3.78. The van der Waals surface area contributed by atoms with E-state index in [0.717, 1.165) is 42.0 Å². The Balaban J connectivity index is 1.71. The Bertz CT molecular complexity index is 980. The maximum atomic E-state index is 12.5. The average molecular weight is 405 g/mol. The van der Waals surface area contributed by atoms with Crippen LogP contribution in [0.2, 0.25) is 0 Å². The molecule has 0 N–H and O–H groups in total.